The molecule has 0 aromatic rings. The van der Waals surface area contributed by atoms with Crippen LogP contribution in [0.1, 0.15) is 26.2 Å². The van der Waals surface area contributed by atoms with Crippen LogP contribution in [0.5, 0.6) is 0 Å². The minimum Gasteiger partial charge on any atom is -0.390 e. The van der Waals surface area contributed by atoms with E-state index in [2.05, 4.69) is 6.92 Å². The van der Waals surface area contributed by atoms with E-state index in [0.29, 0.717) is 5.92 Å². The van der Waals surface area contributed by atoms with E-state index in [1.165, 1.54) is 0 Å². The maximum absolute atomic E-state index is 9.10. The third kappa shape index (κ3) is 1.66. The third-order valence-electron chi connectivity index (χ3n) is 2.04. The van der Waals surface area contributed by atoms with E-state index in [-0.39, 0.29) is 0 Å². The molecule has 0 aromatic carbocycles. The Morgan fingerprint density at radius 2 is 1.78 bits per heavy atom. The van der Waals surface area contributed by atoms with Crippen LogP contribution in [0.4, 0.5) is 0 Å². The predicted octanol–water partition coefficient (Wildman–Crippen LogP) is 0.528. The Balaban J connectivity index is 2.35. The molecule has 0 spiro atoms. The Morgan fingerprint density at radius 1 is 1.11 bits per heavy atom. The first-order valence-corrected chi connectivity index (χ1v) is 3.56. The molecule has 0 saturated heterocycles. The van der Waals surface area contributed by atoms with Crippen molar-refractivity contribution in [1.29, 1.82) is 0 Å². The first kappa shape index (κ1) is 7.03. The van der Waals surface area contributed by atoms with E-state index in [4.69, 9.17) is 10.2 Å². The van der Waals surface area contributed by atoms with Crippen molar-refractivity contribution < 1.29 is 10.2 Å². The molecule has 1 rings (SSSR count). The van der Waals surface area contributed by atoms with Gasteiger partial charge >= 0.3 is 0 Å². The lowest BCUT2D eigenvalue weighted by atomic mass is 9.87. The van der Waals surface area contributed by atoms with Gasteiger partial charge < -0.3 is 10.2 Å². The summed E-state index contributed by atoms with van der Waals surface area (Å²) in [5, 5.41) is 18.1. The summed E-state index contributed by atoms with van der Waals surface area (Å²) >= 11 is 0. The molecular formula is C7H14O2. The smallest absolute Gasteiger partial charge is 0.0801 e. The molecule has 2 N–H and O–H groups in total. The zero-order chi connectivity index (χ0) is 6.85. The van der Waals surface area contributed by atoms with Crippen LogP contribution in [0.3, 0.4) is 0 Å². The van der Waals surface area contributed by atoms with Gasteiger partial charge in [-0.05, 0) is 25.2 Å². The molecule has 1 fully saturated rings. The van der Waals surface area contributed by atoms with Crippen LogP contribution in [0, 0.1) is 5.92 Å². The van der Waals surface area contributed by atoms with E-state index in [1.54, 1.807) is 0 Å². The van der Waals surface area contributed by atoms with Gasteiger partial charge in [-0.15, -0.1) is 0 Å². The van der Waals surface area contributed by atoms with Gasteiger partial charge in [-0.3, -0.25) is 0 Å². The van der Waals surface area contributed by atoms with E-state index < -0.39 is 12.2 Å². The molecular weight excluding hydrogens is 116 g/mol. The molecule has 1 saturated carbocycles. The first-order chi connectivity index (χ1) is 4.20. The minimum atomic E-state index is -0.464. The average molecular weight is 130 g/mol. The van der Waals surface area contributed by atoms with Crippen molar-refractivity contribution in [2.45, 2.75) is 38.4 Å². The summed E-state index contributed by atoms with van der Waals surface area (Å²) < 4.78 is 0. The highest BCUT2D eigenvalue weighted by Gasteiger charge is 2.24. The van der Waals surface area contributed by atoms with Crippen LogP contribution in [-0.4, -0.2) is 22.4 Å². The molecule has 0 radical (unpaired) electrons. The number of aliphatic hydroxyl groups excluding tert-OH is 2. The van der Waals surface area contributed by atoms with Crippen molar-refractivity contribution in [3.63, 3.8) is 0 Å². The summed E-state index contributed by atoms with van der Waals surface area (Å²) in [6.45, 7) is 2.11. The van der Waals surface area contributed by atoms with E-state index in [0.717, 1.165) is 19.3 Å². The van der Waals surface area contributed by atoms with Crippen molar-refractivity contribution in [1.82, 2.24) is 0 Å². The van der Waals surface area contributed by atoms with Crippen LogP contribution >= 0.6 is 0 Å². The van der Waals surface area contributed by atoms with Gasteiger partial charge in [0.05, 0.1) is 12.2 Å². The van der Waals surface area contributed by atoms with Gasteiger partial charge in [-0.25, -0.2) is 0 Å². The highest BCUT2D eigenvalue weighted by Crippen LogP contribution is 2.23. The van der Waals surface area contributed by atoms with Gasteiger partial charge in [0.25, 0.3) is 0 Å². The number of hydrogen-bond donors (Lipinski definition) is 2. The molecule has 3 atom stereocenters. The molecule has 9 heavy (non-hydrogen) atoms. The summed E-state index contributed by atoms with van der Waals surface area (Å²) in [6.07, 6.45) is 1.66. The topological polar surface area (TPSA) is 40.5 Å². The van der Waals surface area contributed by atoms with Crippen LogP contribution in [0.25, 0.3) is 0 Å². The molecule has 2 heteroatoms. The standard InChI is InChI=1S/C7H14O2/c1-5-2-3-6(8)7(9)4-5/h5-9H,2-4H2,1H3/t5?,6-,7-/m0/s1. The van der Waals surface area contributed by atoms with Gasteiger partial charge in [-0.1, -0.05) is 6.92 Å². The molecule has 0 heterocycles. The molecule has 0 amide bonds. The van der Waals surface area contributed by atoms with E-state index >= 15 is 0 Å². The van der Waals surface area contributed by atoms with Crippen LogP contribution in [0.15, 0.2) is 0 Å². The maximum atomic E-state index is 9.10. The van der Waals surface area contributed by atoms with Crippen LogP contribution < -0.4 is 0 Å². The second kappa shape index (κ2) is 2.67. The lowest BCUT2D eigenvalue weighted by Gasteiger charge is -2.27. The molecule has 0 aromatic heterocycles. The second-order valence-corrected chi connectivity index (χ2v) is 3.05. The minimum absolute atomic E-state index is 0.457. The third-order valence-corrected chi connectivity index (χ3v) is 2.04. The summed E-state index contributed by atoms with van der Waals surface area (Å²) in [7, 11) is 0. The fourth-order valence-electron chi connectivity index (χ4n) is 1.33. The van der Waals surface area contributed by atoms with Crippen LogP contribution in [0.2, 0.25) is 0 Å². The number of hydrogen-bond acceptors (Lipinski definition) is 2. The van der Waals surface area contributed by atoms with Crippen molar-refractivity contribution >= 4 is 0 Å². The van der Waals surface area contributed by atoms with Crippen molar-refractivity contribution in [3.8, 4) is 0 Å². The van der Waals surface area contributed by atoms with Crippen molar-refractivity contribution in [2.75, 3.05) is 0 Å². The molecule has 2 nitrogen and oxygen atoms in total. The molecule has 1 aliphatic rings. The molecule has 1 unspecified atom stereocenters. The fraction of sp³-hybridized carbons (Fsp3) is 1.00. The van der Waals surface area contributed by atoms with Gasteiger partial charge in [0.15, 0.2) is 0 Å². The molecule has 0 aliphatic heterocycles. The maximum Gasteiger partial charge on any atom is 0.0801 e. The number of rotatable bonds is 0. The zero-order valence-corrected chi connectivity index (χ0v) is 5.75. The van der Waals surface area contributed by atoms with E-state index in [1.807, 2.05) is 0 Å². The van der Waals surface area contributed by atoms with E-state index in [9.17, 15) is 0 Å². The van der Waals surface area contributed by atoms with Gasteiger partial charge in [0.1, 0.15) is 0 Å². The summed E-state index contributed by atoms with van der Waals surface area (Å²) in [4.78, 5) is 0. The average Bonchev–Trinajstić information content (AvgIpc) is 1.80. The van der Waals surface area contributed by atoms with Gasteiger partial charge in [0, 0.05) is 0 Å². The normalized spacial score (nSPS) is 45.0. The Kier molecular flexibility index (Phi) is 2.09. The fourth-order valence-corrected chi connectivity index (χ4v) is 1.33. The zero-order valence-electron chi connectivity index (χ0n) is 5.75. The molecule has 1 aliphatic carbocycles. The lowest BCUT2D eigenvalue weighted by Crippen LogP contribution is -2.32. The van der Waals surface area contributed by atoms with Gasteiger partial charge in [0.2, 0.25) is 0 Å². The summed E-state index contributed by atoms with van der Waals surface area (Å²) in [6, 6.07) is 0. The van der Waals surface area contributed by atoms with Crippen molar-refractivity contribution in [2.24, 2.45) is 5.92 Å². The highest BCUT2D eigenvalue weighted by molar-refractivity contribution is 4.76. The Morgan fingerprint density at radius 3 is 2.22 bits per heavy atom. The quantitative estimate of drug-likeness (QED) is 0.502. The lowest BCUT2D eigenvalue weighted by molar-refractivity contribution is -0.0226. The second-order valence-electron chi connectivity index (χ2n) is 3.05. The summed E-state index contributed by atoms with van der Waals surface area (Å²) in [5.41, 5.74) is 0. The highest BCUT2D eigenvalue weighted by atomic mass is 16.3. The predicted molar refractivity (Wildman–Crippen MR) is 35.0 cm³/mol. The Hall–Kier alpha value is -0.0800. The number of aliphatic hydroxyl groups is 2. The van der Waals surface area contributed by atoms with Crippen molar-refractivity contribution in [3.05, 3.63) is 0 Å². The largest absolute Gasteiger partial charge is 0.390 e. The first-order valence-electron chi connectivity index (χ1n) is 3.56. The molecule has 54 valence electrons. The monoisotopic (exact) mass is 130 g/mol. The van der Waals surface area contributed by atoms with Crippen LogP contribution in [-0.2, 0) is 0 Å². The summed E-state index contributed by atoms with van der Waals surface area (Å²) in [5.74, 6) is 0.586. The van der Waals surface area contributed by atoms with Gasteiger partial charge in [-0.2, -0.15) is 0 Å². The SMILES string of the molecule is CC1CC[C@H](O)[C@@H](O)C1. The Bertz CT molecular complexity index is 92.9. The molecule has 0 bridgehead atoms. The Labute approximate surface area is 55.5 Å².